The summed E-state index contributed by atoms with van der Waals surface area (Å²) in [5.74, 6) is 1.84. The lowest BCUT2D eigenvalue weighted by Gasteiger charge is -2.08. The van der Waals surface area contributed by atoms with Gasteiger partial charge in [0.25, 0.3) is 0 Å². The molecule has 2 heteroatoms. The molecule has 1 rings (SSSR count). The number of rotatable bonds is 2. The molecule has 1 aliphatic carbocycles. The second-order valence-electron chi connectivity index (χ2n) is 2.71. The van der Waals surface area contributed by atoms with E-state index in [-0.39, 0.29) is 0 Å². The van der Waals surface area contributed by atoms with Crippen LogP contribution < -0.4 is 0 Å². The van der Waals surface area contributed by atoms with Gasteiger partial charge in [-0.25, -0.2) is 0 Å². The third-order valence-corrected chi connectivity index (χ3v) is 6.31. The minimum Gasteiger partial charge on any atom is -0.147 e. The van der Waals surface area contributed by atoms with Gasteiger partial charge in [0.05, 0.1) is 4.08 Å². The van der Waals surface area contributed by atoms with Gasteiger partial charge in [-0.3, -0.25) is 0 Å². The Morgan fingerprint density at radius 3 is 1.33 bits per heavy atom. The van der Waals surface area contributed by atoms with Gasteiger partial charge < -0.3 is 0 Å². The first-order chi connectivity index (χ1) is 4.19. The number of thioether (sulfide) groups is 2. The Bertz CT molecular complexity index is 97.5. The largest absolute Gasteiger partial charge is 0.147 e. The third kappa shape index (κ3) is 0.911. The minimum atomic E-state index is 0.583. The maximum absolute atomic E-state index is 2.34. The first kappa shape index (κ1) is 7.80. The van der Waals surface area contributed by atoms with Crippen LogP contribution in [0.15, 0.2) is 0 Å². The highest BCUT2D eigenvalue weighted by Crippen LogP contribution is 2.64. The van der Waals surface area contributed by atoms with Crippen LogP contribution in [0, 0.1) is 11.8 Å². The van der Waals surface area contributed by atoms with E-state index in [2.05, 4.69) is 26.4 Å². The summed E-state index contributed by atoms with van der Waals surface area (Å²) in [6.45, 7) is 4.69. The van der Waals surface area contributed by atoms with E-state index in [1.807, 2.05) is 23.5 Å². The fourth-order valence-electron chi connectivity index (χ4n) is 1.53. The first-order valence-corrected chi connectivity index (χ1v) is 5.74. The second kappa shape index (κ2) is 2.39. The van der Waals surface area contributed by atoms with Crippen molar-refractivity contribution in [1.29, 1.82) is 0 Å². The van der Waals surface area contributed by atoms with Crippen LogP contribution >= 0.6 is 23.5 Å². The molecule has 9 heavy (non-hydrogen) atoms. The van der Waals surface area contributed by atoms with Gasteiger partial charge >= 0.3 is 0 Å². The summed E-state index contributed by atoms with van der Waals surface area (Å²) in [5, 5.41) is 0. The molecule has 0 nitrogen and oxygen atoms in total. The normalized spacial score (nSPS) is 38.7. The summed E-state index contributed by atoms with van der Waals surface area (Å²) in [7, 11) is 0. The molecule has 2 atom stereocenters. The van der Waals surface area contributed by atoms with Crippen molar-refractivity contribution in [2.45, 2.75) is 17.9 Å². The van der Waals surface area contributed by atoms with Crippen molar-refractivity contribution >= 4 is 23.5 Å². The highest BCUT2D eigenvalue weighted by atomic mass is 32.2. The molecule has 1 aliphatic rings. The Balaban J connectivity index is 2.54. The van der Waals surface area contributed by atoms with Crippen molar-refractivity contribution in [3.05, 3.63) is 0 Å². The molecule has 0 aromatic heterocycles. The Morgan fingerprint density at radius 2 is 1.33 bits per heavy atom. The fraction of sp³-hybridized carbons (Fsp3) is 1.00. The van der Waals surface area contributed by atoms with Crippen molar-refractivity contribution in [3.63, 3.8) is 0 Å². The minimum absolute atomic E-state index is 0.583. The van der Waals surface area contributed by atoms with Gasteiger partial charge in [0.1, 0.15) is 0 Å². The molecule has 0 radical (unpaired) electrons. The van der Waals surface area contributed by atoms with E-state index in [1.165, 1.54) is 0 Å². The zero-order chi connectivity index (χ0) is 7.07. The standard InChI is InChI=1S/C7H14S2/c1-5-6(2)7(5,8-3)9-4/h5-6H,1-4H3/t5-,6+. The lowest BCUT2D eigenvalue weighted by molar-refractivity contribution is 0.834. The van der Waals surface area contributed by atoms with Gasteiger partial charge in [0.15, 0.2) is 0 Å². The molecule has 0 heterocycles. The van der Waals surface area contributed by atoms with Crippen molar-refractivity contribution in [2.75, 3.05) is 12.5 Å². The summed E-state index contributed by atoms with van der Waals surface area (Å²) < 4.78 is 0.583. The van der Waals surface area contributed by atoms with E-state index in [1.54, 1.807) is 0 Å². The van der Waals surface area contributed by atoms with Crippen LogP contribution in [-0.2, 0) is 0 Å². The molecule has 0 unspecified atom stereocenters. The second-order valence-corrected chi connectivity index (χ2v) is 5.13. The molecule has 1 saturated carbocycles. The highest BCUT2D eigenvalue weighted by molar-refractivity contribution is 8.18. The predicted octanol–water partition coefficient (Wildman–Crippen LogP) is 2.69. The van der Waals surface area contributed by atoms with Crippen molar-refractivity contribution in [2.24, 2.45) is 11.8 Å². The van der Waals surface area contributed by atoms with Gasteiger partial charge in [-0.1, -0.05) is 13.8 Å². The molecule has 0 bridgehead atoms. The van der Waals surface area contributed by atoms with Crippen LogP contribution in [0.5, 0.6) is 0 Å². The SMILES string of the molecule is CSC1(SC)[C@H](C)[C@@H]1C. The zero-order valence-corrected chi connectivity index (χ0v) is 8.10. The molecule has 1 fully saturated rings. The molecular formula is C7H14S2. The summed E-state index contributed by atoms with van der Waals surface area (Å²) in [4.78, 5) is 0. The average molecular weight is 162 g/mol. The molecule has 0 saturated heterocycles. The van der Waals surface area contributed by atoms with Gasteiger partial charge in [0, 0.05) is 0 Å². The maximum atomic E-state index is 2.34. The predicted molar refractivity (Wildman–Crippen MR) is 48.1 cm³/mol. The quantitative estimate of drug-likeness (QED) is 0.573. The molecule has 0 N–H and O–H groups in total. The van der Waals surface area contributed by atoms with E-state index >= 15 is 0 Å². The van der Waals surface area contributed by atoms with Crippen molar-refractivity contribution < 1.29 is 0 Å². The van der Waals surface area contributed by atoms with Crippen molar-refractivity contribution in [1.82, 2.24) is 0 Å². The lowest BCUT2D eigenvalue weighted by Crippen LogP contribution is -1.97. The fourth-order valence-corrected chi connectivity index (χ4v) is 4.36. The van der Waals surface area contributed by atoms with E-state index in [4.69, 9.17) is 0 Å². The summed E-state index contributed by atoms with van der Waals surface area (Å²) >= 11 is 4.03. The van der Waals surface area contributed by atoms with Crippen LogP contribution in [0.4, 0.5) is 0 Å². The van der Waals surface area contributed by atoms with Crippen LogP contribution in [0.1, 0.15) is 13.8 Å². The van der Waals surface area contributed by atoms with E-state index < -0.39 is 0 Å². The third-order valence-electron chi connectivity index (χ3n) is 2.55. The van der Waals surface area contributed by atoms with Crippen LogP contribution in [0.25, 0.3) is 0 Å². The Labute approximate surface area is 66.2 Å². The van der Waals surface area contributed by atoms with Gasteiger partial charge in [-0.2, -0.15) is 0 Å². The Hall–Kier alpha value is 0.700. The average Bonchev–Trinajstić information content (AvgIpc) is 2.39. The van der Waals surface area contributed by atoms with Gasteiger partial charge in [-0.15, -0.1) is 23.5 Å². The van der Waals surface area contributed by atoms with Crippen LogP contribution in [0.2, 0.25) is 0 Å². The first-order valence-electron chi connectivity index (χ1n) is 3.29. The Morgan fingerprint density at radius 1 is 1.00 bits per heavy atom. The molecular weight excluding hydrogens is 148 g/mol. The molecule has 0 aromatic carbocycles. The Kier molecular flexibility index (Phi) is 2.07. The number of hydrogen-bond donors (Lipinski definition) is 0. The van der Waals surface area contributed by atoms with Crippen LogP contribution in [-0.4, -0.2) is 16.6 Å². The molecule has 54 valence electrons. The monoisotopic (exact) mass is 162 g/mol. The van der Waals surface area contributed by atoms with Crippen LogP contribution in [0.3, 0.4) is 0 Å². The smallest absolute Gasteiger partial charge is 0.0662 e. The van der Waals surface area contributed by atoms with E-state index in [9.17, 15) is 0 Å². The molecule has 0 spiro atoms. The molecule has 0 aliphatic heterocycles. The maximum Gasteiger partial charge on any atom is 0.0662 e. The summed E-state index contributed by atoms with van der Waals surface area (Å²) in [6, 6.07) is 0. The topological polar surface area (TPSA) is 0 Å². The van der Waals surface area contributed by atoms with Gasteiger partial charge in [0.2, 0.25) is 0 Å². The van der Waals surface area contributed by atoms with Gasteiger partial charge in [-0.05, 0) is 24.3 Å². The zero-order valence-electron chi connectivity index (χ0n) is 6.47. The van der Waals surface area contributed by atoms with E-state index in [0.29, 0.717) is 4.08 Å². The number of hydrogen-bond acceptors (Lipinski definition) is 2. The summed E-state index contributed by atoms with van der Waals surface area (Å²) in [5.41, 5.74) is 0. The molecule has 0 amide bonds. The highest BCUT2D eigenvalue weighted by Gasteiger charge is 2.58. The van der Waals surface area contributed by atoms with Crippen molar-refractivity contribution in [3.8, 4) is 0 Å². The van der Waals surface area contributed by atoms with E-state index in [0.717, 1.165) is 11.8 Å². The molecule has 0 aromatic rings. The lowest BCUT2D eigenvalue weighted by atomic mass is 10.4. The summed E-state index contributed by atoms with van der Waals surface area (Å²) in [6.07, 6.45) is 4.44.